The molecule has 0 radical (unpaired) electrons. The molecule has 6 heteroatoms. The fourth-order valence-corrected chi connectivity index (χ4v) is 3.23. The molecule has 122 valence electrons. The van der Waals surface area contributed by atoms with Crippen molar-refractivity contribution in [3.8, 4) is 0 Å². The van der Waals surface area contributed by atoms with Crippen LogP contribution in [-0.4, -0.2) is 16.8 Å². The molecule has 0 bridgehead atoms. The summed E-state index contributed by atoms with van der Waals surface area (Å²) >= 11 is 1.59. The maximum absolute atomic E-state index is 12.1. The molecule has 3 aromatic rings. The van der Waals surface area contributed by atoms with Crippen LogP contribution in [0, 0.1) is 0 Å². The molecule has 5 nitrogen and oxygen atoms in total. The van der Waals surface area contributed by atoms with Gasteiger partial charge in [-0.05, 0) is 29.8 Å². The van der Waals surface area contributed by atoms with Gasteiger partial charge in [-0.1, -0.05) is 24.3 Å². The van der Waals surface area contributed by atoms with Gasteiger partial charge >= 0.3 is 0 Å². The van der Waals surface area contributed by atoms with E-state index in [4.69, 9.17) is 0 Å². The normalized spacial score (nSPS) is 10.5. The molecule has 0 atom stereocenters. The van der Waals surface area contributed by atoms with Gasteiger partial charge in [-0.25, -0.2) is 4.98 Å². The van der Waals surface area contributed by atoms with E-state index in [-0.39, 0.29) is 11.8 Å². The maximum atomic E-state index is 12.1. The fraction of sp³-hybridized carbons (Fsp3) is 0.167. The van der Waals surface area contributed by atoms with Crippen molar-refractivity contribution in [2.75, 3.05) is 5.32 Å². The zero-order valence-electron chi connectivity index (χ0n) is 13.2. The van der Waals surface area contributed by atoms with Gasteiger partial charge in [0.25, 0.3) is 0 Å². The van der Waals surface area contributed by atoms with Crippen LogP contribution in [0.1, 0.15) is 17.5 Å². The molecular weight excluding hydrogens is 322 g/mol. The third kappa shape index (κ3) is 4.17. The quantitative estimate of drug-likeness (QED) is 0.750. The third-order valence-electron chi connectivity index (χ3n) is 3.41. The van der Waals surface area contributed by atoms with Crippen molar-refractivity contribution in [1.29, 1.82) is 0 Å². The number of carbonyl (C=O) groups excluding carboxylic acids is 2. The summed E-state index contributed by atoms with van der Waals surface area (Å²) in [5, 5.41) is 6.49. The topological polar surface area (TPSA) is 71.1 Å². The predicted molar refractivity (Wildman–Crippen MR) is 95.9 cm³/mol. The van der Waals surface area contributed by atoms with E-state index in [1.807, 2.05) is 36.4 Å². The minimum Gasteiger partial charge on any atom is -0.349 e. The Balaban J connectivity index is 1.54. The highest BCUT2D eigenvalue weighted by atomic mass is 32.1. The number of thiazole rings is 1. The molecule has 0 saturated heterocycles. The van der Waals surface area contributed by atoms with Crippen LogP contribution in [0.5, 0.6) is 0 Å². The highest BCUT2D eigenvalue weighted by molar-refractivity contribution is 7.18. The SMILES string of the molecule is CC(=O)Nc1ccc(CC(=O)NCc2nc3ccccc3s2)cc1. The number of amides is 2. The minimum atomic E-state index is -0.115. The van der Waals surface area contributed by atoms with E-state index in [1.54, 1.807) is 23.5 Å². The number of aromatic nitrogens is 1. The Hall–Kier alpha value is -2.73. The second-order valence-electron chi connectivity index (χ2n) is 5.41. The van der Waals surface area contributed by atoms with Crippen molar-refractivity contribution in [3.63, 3.8) is 0 Å². The summed E-state index contributed by atoms with van der Waals surface area (Å²) in [6, 6.07) is 15.2. The van der Waals surface area contributed by atoms with E-state index in [9.17, 15) is 9.59 Å². The molecule has 0 fully saturated rings. The number of rotatable bonds is 5. The Kier molecular flexibility index (Phi) is 4.86. The summed E-state index contributed by atoms with van der Waals surface area (Å²) in [6.45, 7) is 1.89. The second kappa shape index (κ2) is 7.23. The van der Waals surface area contributed by atoms with Crippen molar-refractivity contribution < 1.29 is 9.59 Å². The Morgan fingerprint density at radius 2 is 1.83 bits per heavy atom. The molecule has 3 rings (SSSR count). The Bertz CT molecular complexity index is 838. The number of para-hydroxylation sites is 1. The number of fused-ring (bicyclic) bond motifs is 1. The highest BCUT2D eigenvalue weighted by Crippen LogP contribution is 2.21. The molecule has 2 aromatic carbocycles. The van der Waals surface area contributed by atoms with Crippen molar-refractivity contribution in [1.82, 2.24) is 10.3 Å². The molecule has 0 spiro atoms. The lowest BCUT2D eigenvalue weighted by molar-refractivity contribution is -0.120. The van der Waals surface area contributed by atoms with E-state index in [1.165, 1.54) is 6.92 Å². The van der Waals surface area contributed by atoms with Crippen LogP contribution in [0.3, 0.4) is 0 Å². The Morgan fingerprint density at radius 3 is 2.54 bits per heavy atom. The van der Waals surface area contributed by atoms with Gasteiger partial charge in [0.1, 0.15) is 5.01 Å². The second-order valence-corrected chi connectivity index (χ2v) is 6.52. The molecular formula is C18H17N3O2S. The number of benzene rings is 2. The van der Waals surface area contributed by atoms with E-state index in [0.29, 0.717) is 13.0 Å². The van der Waals surface area contributed by atoms with Gasteiger partial charge in [-0.15, -0.1) is 11.3 Å². The highest BCUT2D eigenvalue weighted by Gasteiger charge is 2.07. The zero-order valence-corrected chi connectivity index (χ0v) is 14.0. The number of hydrogen-bond donors (Lipinski definition) is 2. The van der Waals surface area contributed by atoms with Gasteiger partial charge in [0.15, 0.2) is 0 Å². The number of hydrogen-bond acceptors (Lipinski definition) is 4. The standard InChI is InChI=1S/C18H17N3O2S/c1-12(22)20-14-8-6-13(7-9-14)10-17(23)19-11-18-21-15-4-2-3-5-16(15)24-18/h2-9H,10-11H2,1H3,(H,19,23)(H,20,22). The summed E-state index contributed by atoms with van der Waals surface area (Å²) in [5.74, 6) is -0.169. The van der Waals surface area contributed by atoms with E-state index < -0.39 is 0 Å². The molecule has 0 aliphatic heterocycles. The smallest absolute Gasteiger partial charge is 0.224 e. The first-order chi connectivity index (χ1) is 11.6. The molecule has 0 aliphatic carbocycles. The minimum absolute atomic E-state index is 0.0541. The molecule has 0 saturated carbocycles. The van der Waals surface area contributed by atoms with Crippen LogP contribution < -0.4 is 10.6 Å². The lowest BCUT2D eigenvalue weighted by atomic mass is 10.1. The van der Waals surface area contributed by atoms with Crippen LogP contribution in [0.2, 0.25) is 0 Å². The van der Waals surface area contributed by atoms with Crippen molar-refractivity contribution >= 4 is 39.1 Å². The van der Waals surface area contributed by atoms with Crippen molar-refractivity contribution in [3.05, 3.63) is 59.1 Å². The van der Waals surface area contributed by atoms with Crippen LogP contribution >= 0.6 is 11.3 Å². The zero-order chi connectivity index (χ0) is 16.9. The summed E-state index contributed by atoms with van der Waals surface area (Å²) in [4.78, 5) is 27.5. The van der Waals surface area contributed by atoms with Gasteiger partial charge < -0.3 is 10.6 Å². The van der Waals surface area contributed by atoms with Gasteiger partial charge in [0, 0.05) is 12.6 Å². The summed E-state index contributed by atoms with van der Waals surface area (Å²) in [6.07, 6.45) is 0.297. The average Bonchev–Trinajstić information content (AvgIpc) is 2.97. The lowest BCUT2D eigenvalue weighted by Crippen LogP contribution is -2.24. The first-order valence-electron chi connectivity index (χ1n) is 7.58. The lowest BCUT2D eigenvalue weighted by Gasteiger charge is -2.05. The van der Waals surface area contributed by atoms with Crippen molar-refractivity contribution in [2.24, 2.45) is 0 Å². The van der Waals surface area contributed by atoms with Gasteiger partial charge in [-0.2, -0.15) is 0 Å². The largest absolute Gasteiger partial charge is 0.349 e. The fourth-order valence-electron chi connectivity index (χ4n) is 2.33. The molecule has 0 aliphatic rings. The van der Waals surface area contributed by atoms with Crippen LogP contribution in [0.25, 0.3) is 10.2 Å². The monoisotopic (exact) mass is 339 g/mol. The Morgan fingerprint density at radius 1 is 1.08 bits per heavy atom. The first-order valence-corrected chi connectivity index (χ1v) is 8.39. The summed E-state index contributed by atoms with van der Waals surface area (Å²) < 4.78 is 1.12. The summed E-state index contributed by atoms with van der Waals surface area (Å²) in [7, 11) is 0. The molecule has 0 unspecified atom stereocenters. The van der Waals surface area contributed by atoms with Gasteiger partial charge in [-0.3, -0.25) is 9.59 Å². The molecule has 2 N–H and O–H groups in total. The number of nitrogens with zero attached hydrogens (tertiary/aromatic N) is 1. The van der Waals surface area contributed by atoms with Crippen LogP contribution in [0.15, 0.2) is 48.5 Å². The molecule has 24 heavy (non-hydrogen) atoms. The van der Waals surface area contributed by atoms with E-state index in [0.717, 1.165) is 26.5 Å². The van der Waals surface area contributed by atoms with Crippen LogP contribution in [0.4, 0.5) is 5.69 Å². The Labute approximate surface area is 143 Å². The van der Waals surface area contributed by atoms with Crippen molar-refractivity contribution in [2.45, 2.75) is 19.9 Å². The predicted octanol–water partition coefficient (Wildman–Crippen LogP) is 3.11. The molecule has 2 amide bonds. The third-order valence-corrected chi connectivity index (χ3v) is 4.45. The van der Waals surface area contributed by atoms with E-state index >= 15 is 0 Å². The average molecular weight is 339 g/mol. The number of anilines is 1. The van der Waals surface area contributed by atoms with E-state index in [2.05, 4.69) is 15.6 Å². The number of nitrogens with one attached hydrogen (secondary N) is 2. The molecule has 1 aromatic heterocycles. The first kappa shape index (κ1) is 16.1. The summed E-state index contributed by atoms with van der Waals surface area (Å²) in [5.41, 5.74) is 2.58. The molecule has 1 heterocycles. The van der Waals surface area contributed by atoms with Gasteiger partial charge in [0.2, 0.25) is 11.8 Å². The number of carbonyl (C=O) groups is 2. The van der Waals surface area contributed by atoms with Crippen LogP contribution in [-0.2, 0) is 22.6 Å². The maximum Gasteiger partial charge on any atom is 0.224 e. The van der Waals surface area contributed by atoms with Gasteiger partial charge in [0.05, 0.1) is 23.2 Å².